The van der Waals surface area contributed by atoms with E-state index in [0.29, 0.717) is 5.92 Å². The van der Waals surface area contributed by atoms with E-state index in [9.17, 15) is 0 Å². The van der Waals surface area contributed by atoms with Gasteiger partial charge < -0.3 is 15.0 Å². The number of benzene rings is 1. The molecule has 2 N–H and O–H groups in total. The molecule has 2 aromatic rings. The molecule has 0 fully saturated rings. The van der Waals surface area contributed by atoms with Crippen LogP contribution in [-0.2, 0) is 6.54 Å². The molecule has 100 valence electrons. The summed E-state index contributed by atoms with van der Waals surface area (Å²) in [6, 6.07) is 8.01. The minimum absolute atomic E-state index is 0.0445. The lowest BCUT2D eigenvalue weighted by Crippen LogP contribution is -2.26. The number of imidazole rings is 1. The predicted octanol–water partition coefficient (Wildman–Crippen LogP) is 2.60. The van der Waals surface area contributed by atoms with Crippen LogP contribution in [0.3, 0.4) is 0 Å². The van der Waals surface area contributed by atoms with Gasteiger partial charge in [0.15, 0.2) is 0 Å². The molecule has 0 spiro atoms. The number of ether oxygens (including phenoxy) is 1. The second kappa shape index (κ2) is 4.70. The largest absolute Gasteiger partial charge is 0.497 e. The molecule has 0 aliphatic carbocycles. The van der Waals surface area contributed by atoms with Gasteiger partial charge in [-0.05, 0) is 24.5 Å². The van der Waals surface area contributed by atoms with Crippen molar-refractivity contribution in [3.05, 3.63) is 36.3 Å². The highest BCUT2D eigenvalue weighted by Crippen LogP contribution is 2.30. The molecule has 2 atom stereocenters. The zero-order valence-corrected chi connectivity index (χ0v) is 11.3. The standard InChI is InChI=1S/C15H19N3O/c1-10-6-13(16)15-17-14(9-18(15)8-10)11-4-3-5-12(7-11)19-2/h3-5,7,9-10,13H,6,8,16H2,1-2H3. The Morgan fingerprint density at radius 2 is 2.26 bits per heavy atom. The third kappa shape index (κ3) is 2.24. The second-order valence-corrected chi connectivity index (χ2v) is 5.32. The van der Waals surface area contributed by atoms with E-state index in [4.69, 9.17) is 15.5 Å². The van der Waals surface area contributed by atoms with Gasteiger partial charge in [0.1, 0.15) is 11.6 Å². The number of aromatic nitrogens is 2. The zero-order chi connectivity index (χ0) is 13.4. The van der Waals surface area contributed by atoms with Crippen LogP contribution in [0.25, 0.3) is 11.3 Å². The van der Waals surface area contributed by atoms with Crippen LogP contribution in [0.4, 0.5) is 0 Å². The lowest BCUT2D eigenvalue weighted by atomic mass is 9.98. The van der Waals surface area contributed by atoms with Gasteiger partial charge in [0.25, 0.3) is 0 Å². The summed E-state index contributed by atoms with van der Waals surface area (Å²) in [4.78, 5) is 4.69. The first kappa shape index (κ1) is 12.2. The number of hydrogen-bond acceptors (Lipinski definition) is 3. The molecule has 0 saturated heterocycles. The minimum Gasteiger partial charge on any atom is -0.497 e. The maximum atomic E-state index is 6.18. The second-order valence-electron chi connectivity index (χ2n) is 5.32. The summed E-state index contributed by atoms with van der Waals surface area (Å²) in [5, 5.41) is 0. The number of fused-ring (bicyclic) bond motifs is 1. The van der Waals surface area contributed by atoms with Gasteiger partial charge in [-0.15, -0.1) is 0 Å². The van der Waals surface area contributed by atoms with Crippen LogP contribution in [0.15, 0.2) is 30.5 Å². The first-order valence-electron chi connectivity index (χ1n) is 6.64. The van der Waals surface area contributed by atoms with Crippen molar-refractivity contribution in [2.45, 2.75) is 25.9 Å². The van der Waals surface area contributed by atoms with Crippen molar-refractivity contribution in [3.63, 3.8) is 0 Å². The number of nitrogens with zero attached hydrogens (tertiary/aromatic N) is 2. The van der Waals surface area contributed by atoms with Crippen LogP contribution in [0.5, 0.6) is 5.75 Å². The van der Waals surface area contributed by atoms with E-state index in [-0.39, 0.29) is 6.04 Å². The molecule has 0 saturated carbocycles. The Labute approximate surface area is 113 Å². The van der Waals surface area contributed by atoms with Gasteiger partial charge in [0, 0.05) is 18.3 Å². The molecule has 19 heavy (non-hydrogen) atoms. The smallest absolute Gasteiger partial charge is 0.126 e. The Morgan fingerprint density at radius 3 is 3.05 bits per heavy atom. The van der Waals surface area contributed by atoms with E-state index >= 15 is 0 Å². The first-order valence-corrected chi connectivity index (χ1v) is 6.64. The fourth-order valence-electron chi connectivity index (χ4n) is 2.74. The summed E-state index contributed by atoms with van der Waals surface area (Å²) in [5.41, 5.74) is 8.22. The van der Waals surface area contributed by atoms with E-state index in [2.05, 4.69) is 17.7 Å². The molecule has 1 aromatic carbocycles. The van der Waals surface area contributed by atoms with Crippen LogP contribution in [0.2, 0.25) is 0 Å². The zero-order valence-electron chi connectivity index (χ0n) is 11.3. The molecule has 1 aromatic heterocycles. The molecule has 0 bridgehead atoms. The summed E-state index contributed by atoms with van der Waals surface area (Å²) in [7, 11) is 1.68. The molecule has 2 heterocycles. The lowest BCUT2D eigenvalue weighted by molar-refractivity contribution is 0.346. The van der Waals surface area contributed by atoms with Crippen molar-refractivity contribution < 1.29 is 4.74 Å². The lowest BCUT2D eigenvalue weighted by Gasteiger charge is -2.25. The molecule has 1 aliphatic heterocycles. The fraction of sp³-hybridized carbons (Fsp3) is 0.400. The summed E-state index contributed by atoms with van der Waals surface area (Å²) in [5.74, 6) is 2.45. The molecule has 3 rings (SSSR count). The fourth-order valence-corrected chi connectivity index (χ4v) is 2.74. The Balaban J connectivity index is 2.00. The van der Waals surface area contributed by atoms with Crippen LogP contribution in [0.1, 0.15) is 25.2 Å². The third-order valence-corrected chi connectivity index (χ3v) is 3.67. The van der Waals surface area contributed by atoms with Gasteiger partial charge in [-0.25, -0.2) is 4.98 Å². The molecule has 0 radical (unpaired) electrons. The van der Waals surface area contributed by atoms with Gasteiger partial charge in [-0.3, -0.25) is 0 Å². The average Bonchev–Trinajstić information content (AvgIpc) is 2.83. The number of methoxy groups -OCH3 is 1. The van der Waals surface area contributed by atoms with E-state index in [1.54, 1.807) is 7.11 Å². The number of nitrogens with two attached hydrogens (primary N) is 1. The van der Waals surface area contributed by atoms with Crippen molar-refractivity contribution in [2.75, 3.05) is 7.11 Å². The Bertz CT molecular complexity index is 591. The van der Waals surface area contributed by atoms with Crippen molar-refractivity contribution in [2.24, 2.45) is 11.7 Å². The molecule has 0 amide bonds. The Morgan fingerprint density at radius 1 is 1.42 bits per heavy atom. The molecular weight excluding hydrogens is 238 g/mol. The normalized spacial score (nSPS) is 22.1. The van der Waals surface area contributed by atoms with Gasteiger partial charge in [-0.1, -0.05) is 19.1 Å². The summed E-state index contributed by atoms with van der Waals surface area (Å²) in [6.07, 6.45) is 3.11. The van der Waals surface area contributed by atoms with Crippen molar-refractivity contribution in [3.8, 4) is 17.0 Å². The highest BCUT2D eigenvalue weighted by molar-refractivity contribution is 5.61. The van der Waals surface area contributed by atoms with Gasteiger partial charge in [0.05, 0.1) is 18.8 Å². The molecule has 4 nitrogen and oxygen atoms in total. The maximum Gasteiger partial charge on any atom is 0.126 e. The van der Waals surface area contributed by atoms with Crippen molar-refractivity contribution in [1.29, 1.82) is 0 Å². The summed E-state index contributed by atoms with van der Waals surface area (Å²) >= 11 is 0. The summed E-state index contributed by atoms with van der Waals surface area (Å²) < 4.78 is 7.45. The molecular formula is C15H19N3O. The maximum absolute atomic E-state index is 6.18. The van der Waals surface area contributed by atoms with Crippen LogP contribution >= 0.6 is 0 Å². The first-order chi connectivity index (χ1) is 9.17. The SMILES string of the molecule is COc1cccc(-c2cn3c(n2)C(N)CC(C)C3)c1. The van der Waals surface area contributed by atoms with Crippen LogP contribution in [-0.4, -0.2) is 16.7 Å². The van der Waals surface area contributed by atoms with Crippen molar-refractivity contribution in [1.82, 2.24) is 9.55 Å². The Kier molecular flexibility index (Phi) is 3.03. The average molecular weight is 257 g/mol. The quantitative estimate of drug-likeness (QED) is 0.899. The highest BCUT2D eigenvalue weighted by Gasteiger charge is 2.24. The monoisotopic (exact) mass is 257 g/mol. The molecule has 4 heteroatoms. The number of rotatable bonds is 2. The Hall–Kier alpha value is -1.81. The molecule has 2 unspecified atom stereocenters. The van der Waals surface area contributed by atoms with Gasteiger partial charge in [-0.2, -0.15) is 0 Å². The molecule has 1 aliphatic rings. The van der Waals surface area contributed by atoms with Gasteiger partial charge >= 0.3 is 0 Å². The topological polar surface area (TPSA) is 53.1 Å². The minimum atomic E-state index is 0.0445. The van der Waals surface area contributed by atoms with Crippen molar-refractivity contribution >= 4 is 0 Å². The van der Waals surface area contributed by atoms with Crippen LogP contribution < -0.4 is 10.5 Å². The van der Waals surface area contributed by atoms with Crippen LogP contribution in [0, 0.1) is 5.92 Å². The highest BCUT2D eigenvalue weighted by atomic mass is 16.5. The van der Waals surface area contributed by atoms with E-state index in [1.807, 2.05) is 24.3 Å². The van der Waals surface area contributed by atoms with E-state index in [0.717, 1.165) is 35.8 Å². The predicted molar refractivity (Wildman–Crippen MR) is 74.9 cm³/mol. The number of hydrogen-bond donors (Lipinski definition) is 1. The summed E-state index contributed by atoms with van der Waals surface area (Å²) in [6.45, 7) is 3.23. The van der Waals surface area contributed by atoms with Gasteiger partial charge in [0.2, 0.25) is 0 Å². The third-order valence-electron chi connectivity index (χ3n) is 3.67. The van der Waals surface area contributed by atoms with E-state index < -0.39 is 0 Å². The van der Waals surface area contributed by atoms with E-state index in [1.165, 1.54) is 0 Å².